The van der Waals surface area contributed by atoms with E-state index >= 15 is 0 Å². The number of rotatable bonds is 4. The maximum Gasteiger partial charge on any atom is 0.133 e. The molecule has 0 radical (unpaired) electrons. The largest absolute Gasteiger partial charge is 0.496 e. The SMILES string of the molecule is COc1cc(OC)c(C2=CCCN(C)C2)c(OC)c1. The van der Waals surface area contributed by atoms with E-state index in [9.17, 15) is 0 Å². The molecular weight excluding hydrogens is 242 g/mol. The van der Waals surface area contributed by atoms with Crippen molar-refractivity contribution < 1.29 is 14.2 Å². The van der Waals surface area contributed by atoms with Crippen molar-refractivity contribution in [3.05, 3.63) is 23.8 Å². The Kier molecular flexibility index (Phi) is 4.32. The van der Waals surface area contributed by atoms with Gasteiger partial charge in [0.25, 0.3) is 0 Å². The summed E-state index contributed by atoms with van der Waals surface area (Å²) in [7, 11) is 7.10. The van der Waals surface area contributed by atoms with Crippen molar-refractivity contribution in [3.8, 4) is 17.2 Å². The Morgan fingerprint density at radius 1 is 1.00 bits per heavy atom. The smallest absolute Gasteiger partial charge is 0.133 e. The fraction of sp³-hybridized carbons (Fsp3) is 0.467. The second-order valence-corrected chi connectivity index (χ2v) is 4.66. The predicted molar refractivity (Wildman–Crippen MR) is 76.2 cm³/mol. The lowest BCUT2D eigenvalue weighted by molar-refractivity contribution is 0.361. The quantitative estimate of drug-likeness (QED) is 0.835. The third-order valence-electron chi connectivity index (χ3n) is 3.38. The molecule has 104 valence electrons. The molecule has 4 nitrogen and oxygen atoms in total. The minimum Gasteiger partial charge on any atom is -0.496 e. The summed E-state index contributed by atoms with van der Waals surface area (Å²) < 4.78 is 16.3. The van der Waals surface area contributed by atoms with E-state index in [1.807, 2.05) is 12.1 Å². The van der Waals surface area contributed by atoms with Gasteiger partial charge in [0.05, 0.1) is 26.9 Å². The zero-order chi connectivity index (χ0) is 13.8. The first kappa shape index (κ1) is 13.7. The Hall–Kier alpha value is -1.68. The fourth-order valence-corrected chi connectivity index (χ4v) is 2.40. The van der Waals surface area contributed by atoms with E-state index in [1.165, 1.54) is 5.57 Å². The molecule has 1 aromatic rings. The number of likely N-dealkylation sites (N-methyl/N-ethyl adjacent to an activating group) is 1. The van der Waals surface area contributed by atoms with Gasteiger partial charge < -0.3 is 19.1 Å². The van der Waals surface area contributed by atoms with Gasteiger partial charge in [-0.2, -0.15) is 0 Å². The van der Waals surface area contributed by atoms with E-state index in [2.05, 4.69) is 18.0 Å². The molecule has 4 heteroatoms. The van der Waals surface area contributed by atoms with E-state index in [0.29, 0.717) is 0 Å². The number of ether oxygens (including phenoxy) is 3. The summed E-state index contributed by atoms with van der Waals surface area (Å²) in [5, 5.41) is 0. The molecule has 0 spiro atoms. The minimum atomic E-state index is 0.738. The van der Waals surface area contributed by atoms with Crippen LogP contribution < -0.4 is 14.2 Å². The molecular formula is C15H21NO3. The third-order valence-corrected chi connectivity index (χ3v) is 3.38. The highest BCUT2D eigenvalue weighted by molar-refractivity contribution is 5.78. The lowest BCUT2D eigenvalue weighted by Gasteiger charge is -2.25. The van der Waals surface area contributed by atoms with Gasteiger partial charge in [-0.15, -0.1) is 0 Å². The molecule has 0 N–H and O–H groups in total. The van der Waals surface area contributed by atoms with Gasteiger partial charge in [0.2, 0.25) is 0 Å². The summed E-state index contributed by atoms with van der Waals surface area (Å²) in [6.45, 7) is 1.99. The predicted octanol–water partition coefficient (Wildman–Crippen LogP) is 2.43. The van der Waals surface area contributed by atoms with Crippen LogP contribution in [0, 0.1) is 0 Å². The van der Waals surface area contributed by atoms with Gasteiger partial charge in [-0.3, -0.25) is 0 Å². The van der Waals surface area contributed by atoms with Crippen molar-refractivity contribution >= 4 is 5.57 Å². The molecule has 0 aromatic heterocycles. The molecule has 0 atom stereocenters. The molecule has 1 aliphatic rings. The molecule has 1 heterocycles. The van der Waals surface area contributed by atoms with Crippen LogP contribution in [0.1, 0.15) is 12.0 Å². The maximum atomic E-state index is 5.50. The van der Waals surface area contributed by atoms with Crippen LogP contribution in [0.2, 0.25) is 0 Å². The van der Waals surface area contributed by atoms with E-state index in [1.54, 1.807) is 21.3 Å². The molecule has 19 heavy (non-hydrogen) atoms. The fourth-order valence-electron chi connectivity index (χ4n) is 2.40. The van der Waals surface area contributed by atoms with Crippen molar-refractivity contribution in [1.29, 1.82) is 0 Å². The van der Waals surface area contributed by atoms with Crippen LogP contribution in [-0.2, 0) is 0 Å². The first-order chi connectivity index (χ1) is 9.19. The Balaban J connectivity index is 2.51. The van der Waals surface area contributed by atoms with Gasteiger partial charge in [0.15, 0.2) is 0 Å². The molecule has 0 saturated heterocycles. The molecule has 0 bridgehead atoms. The van der Waals surface area contributed by atoms with Crippen LogP contribution in [0.4, 0.5) is 0 Å². The average Bonchev–Trinajstić information content (AvgIpc) is 2.45. The Morgan fingerprint density at radius 2 is 1.63 bits per heavy atom. The second kappa shape index (κ2) is 5.97. The van der Waals surface area contributed by atoms with Crippen LogP contribution in [0.3, 0.4) is 0 Å². The number of hydrogen-bond donors (Lipinski definition) is 0. The zero-order valence-electron chi connectivity index (χ0n) is 12.0. The molecule has 0 unspecified atom stereocenters. The molecule has 1 aromatic carbocycles. The van der Waals surface area contributed by atoms with Crippen molar-refractivity contribution in [1.82, 2.24) is 4.90 Å². The maximum absolute atomic E-state index is 5.50. The number of benzene rings is 1. The van der Waals surface area contributed by atoms with Crippen molar-refractivity contribution in [2.45, 2.75) is 6.42 Å². The second-order valence-electron chi connectivity index (χ2n) is 4.66. The van der Waals surface area contributed by atoms with E-state index in [0.717, 1.165) is 42.3 Å². The average molecular weight is 263 g/mol. The topological polar surface area (TPSA) is 30.9 Å². The minimum absolute atomic E-state index is 0.738. The number of nitrogens with zero attached hydrogens (tertiary/aromatic N) is 1. The van der Waals surface area contributed by atoms with E-state index < -0.39 is 0 Å². The van der Waals surface area contributed by atoms with E-state index in [-0.39, 0.29) is 0 Å². The van der Waals surface area contributed by atoms with Gasteiger partial charge in [-0.25, -0.2) is 0 Å². The number of hydrogen-bond acceptors (Lipinski definition) is 4. The first-order valence-electron chi connectivity index (χ1n) is 6.37. The van der Waals surface area contributed by atoms with E-state index in [4.69, 9.17) is 14.2 Å². The molecule has 2 rings (SSSR count). The molecule has 0 fully saturated rings. The normalized spacial score (nSPS) is 15.9. The zero-order valence-corrected chi connectivity index (χ0v) is 12.0. The third kappa shape index (κ3) is 2.84. The highest BCUT2D eigenvalue weighted by atomic mass is 16.5. The Morgan fingerprint density at radius 3 is 2.11 bits per heavy atom. The van der Waals surface area contributed by atoms with Gasteiger partial charge >= 0.3 is 0 Å². The van der Waals surface area contributed by atoms with Crippen molar-refractivity contribution in [2.24, 2.45) is 0 Å². The summed E-state index contributed by atoms with van der Waals surface area (Å²) in [6.07, 6.45) is 3.30. The van der Waals surface area contributed by atoms with Crippen LogP contribution in [-0.4, -0.2) is 46.4 Å². The highest BCUT2D eigenvalue weighted by Gasteiger charge is 2.20. The molecule has 0 aliphatic carbocycles. The molecule has 0 amide bonds. The van der Waals surface area contributed by atoms with Gasteiger partial charge in [-0.05, 0) is 19.0 Å². The van der Waals surface area contributed by atoms with Gasteiger partial charge in [0.1, 0.15) is 17.2 Å². The van der Waals surface area contributed by atoms with Gasteiger partial charge in [-0.1, -0.05) is 6.08 Å². The van der Waals surface area contributed by atoms with Gasteiger partial charge in [0, 0.05) is 25.2 Å². The summed E-state index contributed by atoms with van der Waals surface area (Å²) in [6, 6.07) is 3.79. The van der Waals surface area contributed by atoms with Crippen LogP contribution in [0.15, 0.2) is 18.2 Å². The number of methoxy groups -OCH3 is 3. The molecule has 1 aliphatic heterocycles. The Labute approximate surface area is 114 Å². The highest BCUT2D eigenvalue weighted by Crippen LogP contribution is 2.39. The standard InChI is InChI=1S/C15H21NO3/c1-16-7-5-6-11(10-16)15-13(18-3)8-12(17-2)9-14(15)19-4/h6,8-9H,5,7,10H2,1-4H3. The van der Waals surface area contributed by atoms with Crippen molar-refractivity contribution in [2.75, 3.05) is 41.5 Å². The summed E-state index contributed by atoms with van der Waals surface area (Å²) in [5.41, 5.74) is 2.27. The summed E-state index contributed by atoms with van der Waals surface area (Å²) >= 11 is 0. The van der Waals surface area contributed by atoms with Crippen LogP contribution >= 0.6 is 0 Å². The lowest BCUT2D eigenvalue weighted by Crippen LogP contribution is -2.25. The molecule has 0 saturated carbocycles. The lowest BCUT2D eigenvalue weighted by atomic mass is 9.99. The Bertz CT molecular complexity index is 457. The summed E-state index contributed by atoms with van der Waals surface area (Å²) in [4.78, 5) is 2.29. The van der Waals surface area contributed by atoms with Crippen LogP contribution in [0.25, 0.3) is 5.57 Å². The summed E-state index contributed by atoms with van der Waals surface area (Å²) in [5.74, 6) is 2.32. The van der Waals surface area contributed by atoms with Crippen molar-refractivity contribution in [3.63, 3.8) is 0 Å². The monoisotopic (exact) mass is 263 g/mol. The van der Waals surface area contributed by atoms with Crippen LogP contribution in [0.5, 0.6) is 17.2 Å². The first-order valence-corrected chi connectivity index (χ1v) is 6.37.